The minimum Gasteiger partial charge on any atom is -0.494 e. The van der Waals surface area contributed by atoms with E-state index in [0.29, 0.717) is 24.8 Å². The average Bonchev–Trinajstić information content (AvgIpc) is 2.92. The standard InChI is InChI=1S/C20H24N4O2/c1-5-26-14-8-6-13(7-9-14)18-17-15(10-20(3,4)11-16(17)25)22-19-21-12(2)23-24(18)19/h6-9,18H,5,10-11H2,1-4H3,(H,21,22,23)/t18-/m0/s1. The molecule has 0 spiro atoms. The number of carbonyl (C=O) groups excluding carboxylic acids is 1. The lowest BCUT2D eigenvalue weighted by molar-refractivity contribution is -0.118. The number of hydrogen-bond acceptors (Lipinski definition) is 5. The van der Waals surface area contributed by atoms with E-state index in [1.54, 1.807) is 0 Å². The van der Waals surface area contributed by atoms with Crippen molar-refractivity contribution in [1.29, 1.82) is 0 Å². The number of nitrogens with zero attached hydrogens (tertiary/aromatic N) is 3. The molecule has 26 heavy (non-hydrogen) atoms. The van der Waals surface area contributed by atoms with Crippen molar-refractivity contribution in [3.05, 3.63) is 46.9 Å². The van der Waals surface area contributed by atoms with Crippen molar-refractivity contribution in [2.45, 2.75) is 46.6 Å². The van der Waals surface area contributed by atoms with Crippen molar-refractivity contribution in [2.24, 2.45) is 5.41 Å². The van der Waals surface area contributed by atoms with Gasteiger partial charge in [-0.25, -0.2) is 4.68 Å². The number of Topliss-reactive ketones (excluding diaryl/α,β-unsaturated/α-hetero) is 1. The first-order chi connectivity index (χ1) is 12.4. The Morgan fingerprint density at radius 3 is 2.69 bits per heavy atom. The number of carbonyl (C=O) groups is 1. The molecule has 6 nitrogen and oxygen atoms in total. The summed E-state index contributed by atoms with van der Waals surface area (Å²) in [6.45, 7) is 8.72. The summed E-state index contributed by atoms with van der Waals surface area (Å²) >= 11 is 0. The molecule has 0 amide bonds. The summed E-state index contributed by atoms with van der Waals surface area (Å²) in [6, 6.07) is 7.67. The topological polar surface area (TPSA) is 69.0 Å². The van der Waals surface area contributed by atoms with Gasteiger partial charge < -0.3 is 10.1 Å². The summed E-state index contributed by atoms with van der Waals surface area (Å²) in [5, 5.41) is 7.92. The van der Waals surface area contributed by atoms with Crippen LogP contribution in [0, 0.1) is 12.3 Å². The highest BCUT2D eigenvalue weighted by Gasteiger charge is 2.41. The van der Waals surface area contributed by atoms with Crippen LogP contribution in [-0.4, -0.2) is 27.2 Å². The van der Waals surface area contributed by atoms with Crippen molar-refractivity contribution in [3.63, 3.8) is 0 Å². The normalized spacial score (nSPS) is 21.1. The summed E-state index contributed by atoms with van der Waals surface area (Å²) in [6.07, 6.45) is 1.37. The van der Waals surface area contributed by atoms with E-state index in [9.17, 15) is 4.79 Å². The predicted octanol–water partition coefficient (Wildman–Crippen LogP) is 3.64. The molecule has 1 aliphatic heterocycles. The summed E-state index contributed by atoms with van der Waals surface area (Å²) in [5.41, 5.74) is 2.75. The molecule has 1 aliphatic carbocycles. The summed E-state index contributed by atoms with van der Waals surface area (Å²) < 4.78 is 7.38. The number of ether oxygens (including phenoxy) is 1. The highest BCUT2D eigenvalue weighted by molar-refractivity contribution is 6.00. The van der Waals surface area contributed by atoms with Crippen molar-refractivity contribution in [3.8, 4) is 5.75 Å². The van der Waals surface area contributed by atoms with Crippen LogP contribution in [0.25, 0.3) is 0 Å². The van der Waals surface area contributed by atoms with Crippen LogP contribution in [0.4, 0.5) is 5.95 Å². The molecule has 136 valence electrons. The number of benzene rings is 1. The fraction of sp³-hybridized carbons (Fsp3) is 0.450. The molecule has 4 rings (SSSR count). The van der Waals surface area contributed by atoms with E-state index in [1.807, 2.05) is 42.8 Å². The van der Waals surface area contributed by atoms with E-state index in [2.05, 4.69) is 29.2 Å². The zero-order chi connectivity index (χ0) is 18.5. The zero-order valence-corrected chi connectivity index (χ0v) is 15.7. The van der Waals surface area contributed by atoms with Gasteiger partial charge in [0, 0.05) is 17.7 Å². The second-order valence-corrected chi connectivity index (χ2v) is 7.79. The molecular formula is C20H24N4O2. The molecule has 0 saturated heterocycles. The van der Waals surface area contributed by atoms with Crippen LogP contribution in [0.2, 0.25) is 0 Å². The third kappa shape index (κ3) is 2.79. The van der Waals surface area contributed by atoms with Gasteiger partial charge in [0.1, 0.15) is 17.6 Å². The molecule has 2 aliphatic rings. The number of aryl methyl sites for hydroxylation is 1. The van der Waals surface area contributed by atoms with Gasteiger partial charge in [-0.2, -0.15) is 10.1 Å². The predicted molar refractivity (Wildman–Crippen MR) is 99.2 cm³/mol. The van der Waals surface area contributed by atoms with Gasteiger partial charge in [-0.05, 0) is 43.4 Å². The van der Waals surface area contributed by atoms with E-state index in [-0.39, 0.29) is 17.2 Å². The monoisotopic (exact) mass is 352 g/mol. The van der Waals surface area contributed by atoms with Crippen LogP contribution in [0.1, 0.15) is 51.0 Å². The van der Waals surface area contributed by atoms with Crippen LogP contribution in [0.15, 0.2) is 35.5 Å². The van der Waals surface area contributed by atoms with Crippen molar-refractivity contribution >= 4 is 11.7 Å². The average molecular weight is 352 g/mol. The Bertz CT molecular complexity index is 893. The van der Waals surface area contributed by atoms with Gasteiger partial charge in [-0.1, -0.05) is 26.0 Å². The van der Waals surface area contributed by atoms with Gasteiger partial charge in [-0.15, -0.1) is 0 Å². The highest BCUT2D eigenvalue weighted by Crippen LogP contribution is 2.45. The lowest BCUT2D eigenvalue weighted by Gasteiger charge is -2.38. The highest BCUT2D eigenvalue weighted by atomic mass is 16.5. The number of aromatic nitrogens is 3. The second-order valence-electron chi connectivity index (χ2n) is 7.79. The number of rotatable bonds is 3. The minimum atomic E-state index is -0.248. The van der Waals surface area contributed by atoms with Crippen LogP contribution in [-0.2, 0) is 4.79 Å². The first kappa shape index (κ1) is 16.8. The molecule has 6 heteroatoms. The smallest absolute Gasteiger partial charge is 0.226 e. The molecule has 2 heterocycles. The Morgan fingerprint density at radius 2 is 2.00 bits per heavy atom. The van der Waals surface area contributed by atoms with Gasteiger partial charge in [0.15, 0.2) is 5.78 Å². The molecule has 0 fully saturated rings. The summed E-state index contributed by atoms with van der Waals surface area (Å²) in [5.74, 6) is 2.40. The van der Waals surface area contributed by atoms with Crippen molar-refractivity contribution in [2.75, 3.05) is 11.9 Å². The number of allylic oxidation sites excluding steroid dienone is 2. The van der Waals surface area contributed by atoms with E-state index in [1.165, 1.54) is 0 Å². The Morgan fingerprint density at radius 1 is 1.27 bits per heavy atom. The molecule has 1 aromatic heterocycles. The molecule has 1 N–H and O–H groups in total. The van der Waals surface area contributed by atoms with E-state index >= 15 is 0 Å². The molecule has 0 unspecified atom stereocenters. The molecular weight excluding hydrogens is 328 g/mol. The Hall–Kier alpha value is -2.63. The van der Waals surface area contributed by atoms with Gasteiger partial charge in [0.25, 0.3) is 0 Å². The largest absolute Gasteiger partial charge is 0.494 e. The third-order valence-corrected chi connectivity index (χ3v) is 4.94. The number of ketones is 1. The molecule has 1 aromatic carbocycles. The zero-order valence-electron chi connectivity index (χ0n) is 15.7. The van der Waals surface area contributed by atoms with Crippen LogP contribution in [0.5, 0.6) is 5.75 Å². The van der Waals surface area contributed by atoms with Crippen molar-refractivity contribution in [1.82, 2.24) is 14.8 Å². The van der Waals surface area contributed by atoms with Crippen LogP contribution < -0.4 is 10.1 Å². The third-order valence-electron chi connectivity index (χ3n) is 4.94. The Kier molecular flexibility index (Phi) is 3.86. The lowest BCUT2D eigenvalue weighted by atomic mass is 9.73. The number of anilines is 1. The Balaban J connectivity index is 1.83. The summed E-state index contributed by atoms with van der Waals surface area (Å²) in [7, 11) is 0. The summed E-state index contributed by atoms with van der Waals surface area (Å²) in [4.78, 5) is 17.5. The van der Waals surface area contributed by atoms with Gasteiger partial charge in [-0.3, -0.25) is 4.79 Å². The number of fused-ring (bicyclic) bond motifs is 1. The number of hydrogen-bond donors (Lipinski definition) is 1. The maximum Gasteiger partial charge on any atom is 0.226 e. The van der Waals surface area contributed by atoms with E-state index in [0.717, 1.165) is 29.0 Å². The van der Waals surface area contributed by atoms with Gasteiger partial charge >= 0.3 is 0 Å². The van der Waals surface area contributed by atoms with Gasteiger partial charge in [0.05, 0.1) is 6.61 Å². The first-order valence-electron chi connectivity index (χ1n) is 9.07. The van der Waals surface area contributed by atoms with Crippen LogP contribution >= 0.6 is 0 Å². The number of nitrogens with one attached hydrogen (secondary N) is 1. The quantitative estimate of drug-likeness (QED) is 0.913. The SMILES string of the molecule is CCOc1ccc([C@H]2C3=C(CC(C)(C)CC3=O)Nc3nc(C)nn32)cc1. The molecule has 2 aromatic rings. The van der Waals surface area contributed by atoms with Gasteiger partial charge in [0.2, 0.25) is 5.95 Å². The first-order valence-corrected chi connectivity index (χ1v) is 9.07. The molecule has 0 saturated carbocycles. The Labute approximate surface area is 153 Å². The fourth-order valence-electron chi connectivity index (χ4n) is 3.94. The van der Waals surface area contributed by atoms with Crippen LogP contribution in [0.3, 0.4) is 0 Å². The minimum absolute atomic E-state index is 0.0521. The molecule has 0 bridgehead atoms. The fourth-order valence-corrected chi connectivity index (χ4v) is 3.94. The molecule has 1 atom stereocenters. The second kappa shape index (κ2) is 5.97. The maximum absolute atomic E-state index is 13.0. The van der Waals surface area contributed by atoms with E-state index in [4.69, 9.17) is 4.74 Å². The molecule has 0 radical (unpaired) electrons. The lowest BCUT2D eigenvalue weighted by Crippen LogP contribution is -2.36. The maximum atomic E-state index is 13.0. The van der Waals surface area contributed by atoms with E-state index < -0.39 is 0 Å². The van der Waals surface area contributed by atoms with Crippen molar-refractivity contribution < 1.29 is 9.53 Å².